The molecular weight excluding hydrogens is 220 g/mol. The average molecular weight is 238 g/mol. The highest BCUT2D eigenvalue weighted by Crippen LogP contribution is 2.30. The predicted molar refractivity (Wildman–Crippen MR) is 60.1 cm³/mol. The summed E-state index contributed by atoms with van der Waals surface area (Å²) in [5, 5.41) is 8.01. The molecule has 0 aromatic carbocycles. The number of nitrogens with zero attached hydrogens (tertiary/aromatic N) is 4. The molecular formula is C11H18N4O2. The SMILES string of the molecule is Cn1cnnc1CN1CCCC2(C1)OCCO2. The number of ether oxygens (including phenoxy) is 2. The summed E-state index contributed by atoms with van der Waals surface area (Å²) in [6.07, 6.45) is 3.85. The summed E-state index contributed by atoms with van der Waals surface area (Å²) >= 11 is 0. The van der Waals surface area contributed by atoms with Gasteiger partial charge in [-0.2, -0.15) is 0 Å². The summed E-state index contributed by atoms with van der Waals surface area (Å²) in [7, 11) is 1.97. The van der Waals surface area contributed by atoms with Gasteiger partial charge in [-0.1, -0.05) is 0 Å². The van der Waals surface area contributed by atoms with Crippen LogP contribution in [0.5, 0.6) is 0 Å². The molecule has 94 valence electrons. The first-order valence-corrected chi connectivity index (χ1v) is 6.11. The van der Waals surface area contributed by atoms with Gasteiger partial charge in [0.1, 0.15) is 12.2 Å². The predicted octanol–water partition coefficient (Wildman–Crippen LogP) is 0.154. The molecule has 17 heavy (non-hydrogen) atoms. The van der Waals surface area contributed by atoms with Gasteiger partial charge in [-0.25, -0.2) is 0 Å². The van der Waals surface area contributed by atoms with E-state index in [0.717, 1.165) is 51.5 Å². The third-order valence-electron chi connectivity index (χ3n) is 3.48. The van der Waals surface area contributed by atoms with Crippen molar-refractivity contribution < 1.29 is 9.47 Å². The molecule has 1 spiro atoms. The minimum Gasteiger partial charge on any atom is -0.346 e. The molecule has 0 N–H and O–H groups in total. The van der Waals surface area contributed by atoms with Gasteiger partial charge >= 0.3 is 0 Å². The molecule has 0 amide bonds. The third-order valence-corrected chi connectivity index (χ3v) is 3.48. The van der Waals surface area contributed by atoms with Crippen molar-refractivity contribution in [3.05, 3.63) is 12.2 Å². The molecule has 3 rings (SSSR count). The first-order chi connectivity index (χ1) is 8.27. The topological polar surface area (TPSA) is 52.4 Å². The minimum absolute atomic E-state index is 0.350. The molecule has 2 fully saturated rings. The molecule has 6 heteroatoms. The molecule has 3 heterocycles. The van der Waals surface area contributed by atoms with Crippen molar-refractivity contribution >= 4 is 0 Å². The Hall–Kier alpha value is -0.980. The Kier molecular flexibility index (Phi) is 2.85. The first kappa shape index (κ1) is 11.1. The van der Waals surface area contributed by atoms with Crippen LogP contribution in [-0.4, -0.2) is 51.8 Å². The standard InChI is InChI=1S/C11H18N4O2/c1-14-9-12-13-10(14)7-15-4-2-3-11(8-15)16-5-6-17-11/h9H,2-8H2,1H3. The molecule has 0 radical (unpaired) electrons. The van der Waals surface area contributed by atoms with Crippen LogP contribution in [-0.2, 0) is 23.1 Å². The van der Waals surface area contributed by atoms with E-state index in [4.69, 9.17) is 9.47 Å². The van der Waals surface area contributed by atoms with E-state index in [1.54, 1.807) is 6.33 Å². The van der Waals surface area contributed by atoms with E-state index in [0.29, 0.717) is 0 Å². The van der Waals surface area contributed by atoms with Crippen molar-refractivity contribution in [3.8, 4) is 0 Å². The highest BCUT2D eigenvalue weighted by atomic mass is 16.7. The lowest BCUT2D eigenvalue weighted by Gasteiger charge is -2.38. The fourth-order valence-corrected chi connectivity index (χ4v) is 2.59. The van der Waals surface area contributed by atoms with Gasteiger partial charge in [0, 0.05) is 13.5 Å². The van der Waals surface area contributed by atoms with E-state index in [9.17, 15) is 0 Å². The zero-order valence-corrected chi connectivity index (χ0v) is 10.1. The van der Waals surface area contributed by atoms with Crippen LogP contribution in [0.2, 0.25) is 0 Å². The highest BCUT2D eigenvalue weighted by molar-refractivity contribution is 4.89. The van der Waals surface area contributed by atoms with Crippen LogP contribution < -0.4 is 0 Å². The molecule has 2 aliphatic heterocycles. The van der Waals surface area contributed by atoms with Crippen LogP contribution in [0.4, 0.5) is 0 Å². The number of aryl methyl sites for hydroxylation is 1. The van der Waals surface area contributed by atoms with Crippen molar-refractivity contribution in [1.82, 2.24) is 19.7 Å². The number of rotatable bonds is 2. The number of aromatic nitrogens is 3. The Morgan fingerprint density at radius 2 is 2.24 bits per heavy atom. The van der Waals surface area contributed by atoms with Gasteiger partial charge in [-0.3, -0.25) is 4.90 Å². The van der Waals surface area contributed by atoms with Crippen molar-refractivity contribution in [1.29, 1.82) is 0 Å². The minimum atomic E-state index is -0.350. The van der Waals surface area contributed by atoms with Gasteiger partial charge in [0.25, 0.3) is 0 Å². The lowest BCUT2D eigenvalue weighted by atomic mass is 10.0. The van der Waals surface area contributed by atoms with Gasteiger partial charge in [0.05, 0.1) is 26.3 Å². The Balaban J connectivity index is 1.66. The molecule has 1 aromatic heterocycles. The summed E-state index contributed by atoms with van der Waals surface area (Å²) in [5.74, 6) is 0.636. The zero-order chi connectivity index (χ0) is 11.7. The highest BCUT2D eigenvalue weighted by Gasteiger charge is 2.40. The zero-order valence-electron chi connectivity index (χ0n) is 10.1. The van der Waals surface area contributed by atoms with Crippen LogP contribution in [0.25, 0.3) is 0 Å². The van der Waals surface area contributed by atoms with Crippen LogP contribution in [0.3, 0.4) is 0 Å². The maximum Gasteiger partial charge on any atom is 0.181 e. The van der Waals surface area contributed by atoms with E-state index in [1.165, 1.54) is 0 Å². The first-order valence-electron chi connectivity index (χ1n) is 6.11. The lowest BCUT2D eigenvalue weighted by Crippen LogP contribution is -2.48. The summed E-state index contributed by atoms with van der Waals surface area (Å²) in [6, 6.07) is 0. The number of hydrogen-bond acceptors (Lipinski definition) is 5. The van der Waals surface area contributed by atoms with Crippen molar-refractivity contribution in [2.24, 2.45) is 7.05 Å². The Labute approximate surface area is 101 Å². The van der Waals surface area contributed by atoms with E-state index in [1.807, 2.05) is 11.6 Å². The maximum absolute atomic E-state index is 5.75. The van der Waals surface area contributed by atoms with Gasteiger partial charge in [0.15, 0.2) is 5.79 Å². The average Bonchev–Trinajstić information content (AvgIpc) is 2.91. The number of hydrogen-bond donors (Lipinski definition) is 0. The Bertz CT molecular complexity index is 387. The van der Waals surface area contributed by atoms with Crippen molar-refractivity contribution in [3.63, 3.8) is 0 Å². The van der Waals surface area contributed by atoms with Crippen LogP contribution in [0.15, 0.2) is 6.33 Å². The second-order valence-electron chi connectivity index (χ2n) is 4.78. The Morgan fingerprint density at radius 1 is 1.41 bits per heavy atom. The van der Waals surface area contributed by atoms with E-state index >= 15 is 0 Å². The fraction of sp³-hybridized carbons (Fsp3) is 0.818. The normalized spacial score (nSPS) is 24.5. The van der Waals surface area contributed by atoms with Crippen LogP contribution in [0, 0.1) is 0 Å². The van der Waals surface area contributed by atoms with E-state index in [-0.39, 0.29) is 5.79 Å². The summed E-state index contributed by atoms with van der Waals surface area (Å²) in [5.41, 5.74) is 0. The fourth-order valence-electron chi connectivity index (χ4n) is 2.59. The van der Waals surface area contributed by atoms with E-state index < -0.39 is 0 Å². The molecule has 0 unspecified atom stereocenters. The molecule has 2 saturated heterocycles. The van der Waals surface area contributed by atoms with Gasteiger partial charge in [-0.05, 0) is 13.0 Å². The maximum atomic E-state index is 5.75. The summed E-state index contributed by atoms with van der Waals surface area (Å²) in [4.78, 5) is 2.33. The van der Waals surface area contributed by atoms with Gasteiger partial charge < -0.3 is 14.0 Å². The van der Waals surface area contributed by atoms with E-state index in [2.05, 4.69) is 15.1 Å². The molecule has 2 aliphatic rings. The molecule has 1 aromatic rings. The summed E-state index contributed by atoms with van der Waals surface area (Å²) in [6.45, 7) is 4.15. The molecule has 0 saturated carbocycles. The number of piperidine rings is 1. The molecule has 0 bridgehead atoms. The quantitative estimate of drug-likeness (QED) is 0.734. The second kappa shape index (κ2) is 4.36. The van der Waals surface area contributed by atoms with Gasteiger partial charge in [0.2, 0.25) is 0 Å². The van der Waals surface area contributed by atoms with Gasteiger partial charge in [-0.15, -0.1) is 10.2 Å². The largest absolute Gasteiger partial charge is 0.346 e. The molecule has 6 nitrogen and oxygen atoms in total. The molecule has 0 aliphatic carbocycles. The lowest BCUT2D eigenvalue weighted by molar-refractivity contribution is -0.190. The monoisotopic (exact) mass is 238 g/mol. The smallest absolute Gasteiger partial charge is 0.181 e. The van der Waals surface area contributed by atoms with Crippen molar-refractivity contribution in [2.45, 2.75) is 25.2 Å². The Morgan fingerprint density at radius 3 is 2.94 bits per heavy atom. The van der Waals surface area contributed by atoms with Crippen molar-refractivity contribution in [2.75, 3.05) is 26.3 Å². The second-order valence-corrected chi connectivity index (χ2v) is 4.78. The number of likely N-dealkylation sites (tertiary alicyclic amines) is 1. The summed E-state index contributed by atoms with van der Waals surface area (Å²) < 4.78 is 13.5. The van der Waals surface area contributed by atoms with Crippen LogP contribution in [0.1, 0.15) is 18.7 Å². The van der Waals surface area contributed by atoms with Crippen LogP contribution >= 0.6 is 0 Å². The molecule has 0 atom stereocenters. The third kappa shape index (κ3) is 2.20.